The van der Waals surface area contributed by atoms with E-state index in [-0.39, 0.29) is 24.9 Å². The third-order valence-corrected chi connectivity index (χ3v) is 4.57. The molecule has 0 saturated carbocycles. The number of halogens is 2. The minimum absolute atomic E-state index is 0.0284. The molecule has 0 radical (unpaired) electrons. The average Bonchev–Trinajstić information content (AvgIpc) is 2.95. The van der Waals surface area contributed by atoms with Crippen molar-refractivity contribution < 1.29 is 9.59 Å². The number of aryl methyl sites for hydroxylation is 1. The summed E-state index contributed by atoms with van der Waals surface area (Å²) >= 11 is 13.4. The van der Waals surface area contributed by atoms with E-state index < -0.39 is 0 Å². The molecule has 7 nitrogen and oxygen atoms in total. The van der Waals surface area contributed by atoms with Crippen molar-refractivity contribution in [2.75, 3.05) is 30.3 Å². The number of amides is 2. The van der Waals surface area contributed by atoms with Crippen LogP contribution in [-0.2, 0) is 9.59 Å². The summed E-state index contributed by atoms with van der Waals surface area (Å²) in [5.74, 6) is -0.571. The summed E-state index contributed by atoms with van der Waals surface area (Å²) in [5.41, 5.74) is 0.362. The zero-order chi connectivity index (χ0) is 18.4. The number of hydrogen-bond donors (Lipinski definition) is 2. The average molecular weight is 402 g/mol. The molecule has 0 bridgehead atoms. The summed E-state index contributed by atoms with van der Waals surface area (Å²) in [4.78, 5) is 25.9. The molecule has 10 heteroatoms. The highest BCUT2D eigenvalue weighted by molar-refractivity contribution is 7.15. The maximum atomic E-state index is 12.2. The molecule has 0 fully saturated rings. The van der Waals surface area contributed by atoms with E-state index in [0.29, 0.717) is 27.4 Å². The predicted octanol–water partition coefficient (Wildman–Crippen LogP) is 3.05. The largest absolute Gasteiger partial charge is 0.322 e. The zero-order valence-electron chi connectivity index (χ0n) is 13.7. The summed E-state index contributed by atoms with van der Waals surface area (Å²) in [6.45, 7) is 4.26. The molecule has 0 unspecified atom stereocenters. The van der Waals surface area contributed by atoms with Gasteiger partial charge in [-0.1, -0.05) is 47.5 Å². The van der Waals surface area contributed by atoms with Gasteiger partial charge in [0, 0.05) is 0 Å². The van der Waals surface area contributed by atoms with Crippen molar-refractivity contribution in [3.8, 4) is 0 Å². The smallest absolute Gasteiger partial charge is 0.240 e. The Hall–Kier alpha value is -1.74. The van der Waals surface area contributed by atoms with Gasteiger partial charge in [0.1, 0.15) is 5.01 Å². The van der Waals surface area contributed by atoms with E-state index in [4.69, 9.17) is 23.2 Å². The zero-order valence-corrected chi connectivity index (χ0v) is 16.0. The van der Waals surface area contributed by atoms with Gasteiger partial charge in [0.05, 0.1) is 28.8 Å². The van der Waals surface area contributed by atoms with E-state index in [1.54, 1.807) is 30.0 Å². The molecule has 0 atom stereocenters. The number of anilines is 2. The standard InChI is InChI=1S/C15H17Cl2N5O2S/c1-3-22(8-13(24)19-15-21-20-9(2)25-15)7-12(23)18-14-10(16)5-4-6-11(14)17/h4-6H,3,7-8H2,1-2H3,(H,18,23)(H,19,21,24). The maximum absolute atomic E-state index is 12.2. The molecule has 1 aromatic carbocycles. The Morgan fingerprint density at radius 1 is 1.12 bits per heavy atom. The number of nitrogens with zero attached hydrogens (tertiary/aromatic N) is 3. The first kappa shape index (κ1) is 19.6. The van der Waals surface area contributed by atoms with E-state index in [9.17, 15) is 9.59 Å². The van der Waals surface area contributed by atoms with Gasteiger partial charge in [0.25, 0.3) is 0 Å². The van der Waals surface area contributed by atoms with Crippen LogP contribution >= 0.6 is 34.5 Å². The Labute approximate surface area is 159 Å². The fourth-order valence-corrected chi connectivity index (χ4v) is 3.09. The van der Waals surface area contributed by atoms with Crippen LogP contribution in [0.2, 0.25) is 10.0 Å². The number of hydrogen-bond acceptors (Lipinski definition) is 6. The second-order valence-corrected chi connectivity index (χ2v) is 7.12. The second-order valence-electron chi connectivity index (χ2n) is 5.12. The van der Waals surface area contributed by atoms with Gasteiger partial charge in [-0.25, -0.2) is 0 Å². The molecule has 0 aliphatic carbocycles. The summed E-state index contributed by atoms with van der Waals surface area (Å²) in [5, 5.41) is 14.9. The molecular formula is C15H17Cl2N5O2S. The van der Waals surface area contributed by atoms with Gasteiger partial charge in [-0.2, -0.15) is 0 Å². The van der Waals surface area contributed by atoms with Crippen LogP contribution < -0.4 is 10.6 Å². The number of carbonyl (C=O) groups is 2. The summed E-state index contributed by atoms with van der Waals surface area (Å²) in [6, 6.07) is 4.97. The maximum Gasteiger partial charge on any atom is 0.240 e. The number of carbonyl (C=O) groups excluding carboxylic acids is 2. The molecule has 0 aliphatic heterocycles. The molecule has 134 valence electrons. The lowest BCUT2D eigenvalue weighted by Crippen LogP contribution is -2.38. The number of para-hydroxylation sites is 1. The number of rotatable bonds is 7. The second kappa shape index (κ2) is 9.10. The third kappa shape index (κ3) is 5.93. The Bertz CT molecular complexity index is 748. The monoisotopic (exact) mass is 401 g/mol. The first-order valence-electron chi connectivity index (χ1n) is 7.45. The fourth-order valence-electron chi connectivity index (χ4n) is 1.99. The molecule has 2 aromatic rings. The highest BCUT2D eigenvalue weighted by Crippen LogP contribution is 2.29. The molecule has 1 heterocycles. The van der Waals surface area contributed by atoms with Gasteiger partial charge < -0.3 is 5.32 Å². The molecule has 0 saturated heterocycles. The predicted molar refractivity (Wildman–Crippen MR) is 100 cm³/mol. The number of aromatic nitrogens is 2. The Kier molecular flexibility index (Phi) is 7.12. The Morgan fingerprint density at radius 3 is 2.24 bits per heavy atom. The fraction of sp³-hybridized carbons (Fsp3) is 0.333. The van der Waals surface area contributed by atoms with Gasteiger partial charge in [0.2, 0.25) is 16.9 Å². The van der Waals surface area contributed by atoms with Gasteiger partial charge in [0.15, 0.2) is 0 Å². The van der Waals surface area contributed by atoms with Crippen LogP contribution in [0.5, 0.6) is 0 Å². The molecule has 2 N–H and O–H groups in total. The van der Waals surface area contributed by atoms with Crippen molar-refractivity contribution in [1.29, 1.82) is 0 Å². The van der Waals surface area contributed by atoms with Crippen molar-refractivity contribution >= 4 is 57.2 Å². The quantitative estimate of drug-likeness (QED) is 0.744. The minimum Gasteiger partial charge on any atom is -0.322 e. The van der Waals surface area contributed by atoms with Crippen LogP contribution in [-0.4, -0.2) is 46.5 Å². The molecule has 25 heavy (non-hydrogen) atoms. The van der Waals surface area contributed by atoms with Crippen molar-refractivity contribution in [1.82, 2.24) is 15.1 Å². The number of nitrogens with one attached hydrogen (secondary N) is 2. The van der Waals surface area contributed by atoms with Crippen molar-refractivity contribution in [3.05, 3.63) is 33.3 Å². The van der Waals surface area contributed by atoms with Gasteiger partial charge >= 0.3 is 0 Å². The van der Waals surface area contributed by atoms with E-state index >= 15 is 0 Å². The topological polar surface area (TPSA) is 87.2 Å². The lowest BCUT2D eigenvalue weighted by atomic mass is 10.3. The summed E-state index contributed by atoms with van der Waals surface area (Å²) < 4.78 is 0. The normalized spacial score (nSPS) is 10.8. The van der Waals surface area contributed by atoms with Crippen molar-refractivity contribution in [2.24, 2.45) is 0 Å². The van der Waals surface area contributed by atoms with Crippen molar-refractivity contribution in [3.63, 3.8) is 0 Å². The molecule has 0 spiro atoms. The van der Waals surface area contributed by atoms with E-state index in [1.807, 2.05) is 6.92 Å². The Morgan fingerprint density at radius 2 is 1.72 bits per heavy atom. The first-order chi connectivity index (χ1) is 11.9. The van der Waals surface area contributed by atoms with Crippen LogP contribution in [0.3, 0.4) is 0 Å². The lowest BCUT2D eigenvalue weighted by molar-refractivity contribution is -0.119. The van der Waals surface area contributed by atoms with Crippen LogP contribution in [0.15, 0.2) is 18.2 Å². The number of likely N-dealkylation sites (N-methyl/N-ethyl adjacent to an activating group) is 1. The molecule has 1 aromatic heterocycles. The summed E-state index contributed by atoms with van der Waals surface area (Å²) in [6.07, 6.45) is 0. The van der Waals surface area contributed by atoms with Crippen LogP contribution in [0.1, 0.15) is 11.9 Å². The molecular weight excluding hydrogens is 385 g/mol. The van der Waals surface area contributed by atoms with Crippen LogP contribution in [0.25, 0.3) is 0 Å². The van der Waals surface area contributed by atoms with Gasteiger partial charge in [-0.3, -0.25) is 19.8 Å². The SMILES string of the molecule is CCN(CC(=O)Nc1nnc(C)s1)CC(=O)Nc1c(Cl)cccc1Cl. The van der Waals surface area contributed by atoms with E-state index in [1.165, 1.54) is 11.3 Å². The van der Waals surface area contributed by atoms with Gasteiger partial charge in [-0.15, -0.1) is 10.2 Å². The van der Waals surface area contributed by atoms with Crippen LogP contribution in [0, 0.1) is 6.92 Å². The lowest BCUT2D eigenvalue weighted by Gasteiger charge is -2.19. The Balaban J connectivity index is 1.90. The van der Waals surface area contributed by atoms with Crippen LogP contribution in [0.4, 0.5) is 10.8 Å². The first-order valence-corrected chi connectivity index (χ1v) is 9.02. The highest BCUT2D eigenvalue weighted by atomic mass is 35.5. The molecule has 2 rings (SSSR count). The van der Waals surface area contributed by atoms with Gasteiger partial charge in [-0.05, 0) is 25.6 Å². The van der Waals surface area contributed by atoms with E-state index in [0.717, 1.165) is 5.01 Å². The van der Waals surface area contributed by atoms with Crippen molar-refractivity contribution in [2.45, 2.75) is 13.8 Å². The summed E-state index contributed by atoms with van der Waals surface area (Å²) in [7, 11) is 0. The minimum atomic E-state index is -0.309. The third-order valence-electron chi connectivity index (χ3n) is 3.18. The van der Waals surface area contributed by atoms with E-state index in [2.05, 4.69) is 20.8 Å². The number of benzene rings is 1. The molecule has 2 amide bonds. The molecule has 0 aliphatic rings. The highest BCUT2D eigenvalue weighted by Gasteiger charge is 2.16.